The summed E-state index contributed by atoms with van der Waals surface area (Å²) in [7, 11) is 1.50. The van der Waals surface area contributed by atoms with Crippen LogP contribution in [0.1, 0.15) is 24.2 Å². The lowest BCUT2D eigenvalue weighted by atomic mass is 10.1. The fraction of sp³-hybridized carbons (Fsp3) is 0.312. The van der Waals surface area contributed by atoms with Crippen molar-refractivity contribution in [2.75, 3.05) is 13.2 Å². The second kappa shape index (κ2) is 6.89. The Labute approximate surface area is 128 Å². The third-order valence-electron chi connectivity index (χ3n) is 3.02. The highest BCUT2D eigenvalue weighted by atomic mass is 16.5. The second-order valence-corrected chi connectivity index (χ2v) is 4.55. The van der Waals surface area contributed by atoms with Crippen LogP contribution in [0, 0.1) is 0 Å². The van der Waals surface area contributed by atoms with Gasteiger partial charge in [-0.15, -0.1) is 0 Å². The van der Waals surface area contributed by atoms with Crippen molar-refractivity contribution in [2.45, 2.75) is 13.8 Å². The highest BCUT2D eigenvalue weighted by Crippen LogP contribution is 2.20. The highest BCUT2D eigenvalue weighted by molar-refractivity contribution is 5.90. The van der Waals surface area contributed by atoms with Crippen LogP contribution >= 0.6 is 0 Å². The first kappa shape index (κ1) is 15.8. The van der Waals surface area contributed by atoms with Gasteiger partial charge in [-0.1, -0.05) is 0 Å². The molecule has 1 aromatic heterocycles. The monoisotopic (exact) mass is 302 g/mol. The molecule has 0 atom stereocenters. The van der Waals surface area contributed by atoms with E-state index >= 15 is 0 Å². The van der Waals surface area contributed by atoms with Crippen LogP contribution in [0.15, 0.2) is 35.1 Å². The van der Waals surface area contributed by atoms with Crippen molar-refractivity contribution in [3.8, 4) is 17.0 Å². The molecule has 0 fully saturated rings. The molecule has 2 aromatic rings. The first-order chi connectivity index (χ1) is 10.6. The largest absolute Gasteiger partial charge is 0.494 e. The lowest BCUT2D eigenvalue weighted by Crippen LogP contribution is -2.27. The number of aryl methyl sites for hydroxylation is 1. The van der Waals surface area contributed by atoms with Gasteiger partial charge in [-0.2, -0.15) is 5.10 Å². The van der Waals surface area contributed by atoms with Crippen LogP contribution < -0.4 is 10.3 Å². The zero-order valence-electron chi connectivity index (χ0n) is 12.8. The number of ether oxygens (including phenoxy) is 2. The number of aromatic nitrogens is 2. The molecule has 0 radical (unpaired) electrons. The lowest BCUT2D eigenvalue weighted by molar-refractivity contribution is 0.0523. The van der Waals surface area contributed by atoms with Gasteiger partial charge in [0.25, 0.3) is 5.56 Å². The van der Waals surface area contributed by atoms with Gasteiger partial charge in [0, 0.05) is 12.6 Å². The summed E-state index contributed by atoms with van der Waals surface area (Å²) < 4.78 is 11.4. The van der Waals surface area contributed by atoms with E-state index in [4.69, 9.17) is 9.47 Å². The third-order valence-corrected chi connectivity index (χ3v) is 3.02. The van der Waals surface area contributed by atoms with Crippen LogP contribution in [0.5, 0.6) is 5.75 Å². The number of benzene rings is 1. The van der Waals surface area contributed by atoms with E-state index < -0.39 is 11.5 Å². The molecule has 116 valence electrons. The van der Waals surface area contributed by atoms with Crippen molar-refractivity contribution in [2.24, 2.45) is 7.05 Å². The van der Waals surface area contributed by atoms with Gasteiger partial charge in [0.15, 0.2) is 0 Å². The second-order valence-electron chi connectivity index (χ2n) is 4.55. The zero-order chi connectivity index (χ0) is 16.1. The maximum atomic E-state index is 12.0. The molecule has 0 saturated heterocycles. The first-order valence-electron chi connectivity index (χ1n) is 7.05. The summed E-state index contributed by atoms with van der Waals surface area (Å²) in [6, 6.07) is 8.74. The normalized spacial score (nSPS) is 10.3. The van der Waals surface area contributed by atoms with Crippen molar-refractivity contribution in [1.29, 1.82) is 0 Å². The molecule has 0 aliphatic heterocycles. The minimum atomic E-state index is -0.641. The molecular weight excluding hydrogens is 284 g/mol. The van der Waals surface area contributed by atoms with Crippen LogP contribution in [0.25, 0.3) is 11.3 Å². The Morgan fingerprint density at radius 2 is 1.86 bits per heavy atom. The van der Waals surface area contributed by atoms with Gasteiger partial charge >= 0.3 is 5.97 Å². The summed E-state index contributed by atoms with van der Waals surface area (Å²) in [5, 5.41) is 4.18. The van der Waals surface area contributed by atoms with Crippen molar-refractivity contribution < 1.29 is 14.3 Å². The third kappa shape index (κ3) is 3.33. The molecule has 0 aliphatic rings. The molecule has 1 aromatic carbocycles. The Morgan fingerprint density at radius 1 is 1.18 bits per heavy atom. The number of nitrogens with zero attached hydrogens (tertiary/aromatic N) is 2. The van der Waals surface area contributed by atoms with Crippen molar-refractivity contribution >= 4 is 5.97 Å². The fourth-order valence-electron chi connectivity index (χ4n) is 1.99. The smallest absolute Gasteiger partial charge is 0.343 e. The minimum Gasteiger partial charge on any atom is -0.494 e. The molecule has 0 amide bonds. The summed E-state index contributed by atoms with van der Waals surface area (Å²) in [5.41, 5.74) is 0.800. The van der Waals surface area contributed by atoms with Gasteiger partial charge in [-0.05, 0) is 44.2 Å². The Hall–Kier alpha value is -2.63. The van der Waals surface area contributed by atoms with Gasteiger partial charge in [-0.3, -0.25) is 4.79 Å². The molecule has 0 aliphatic carbocycles. The molecule has 6 nitrogen and oxygen atoms in total. The van der Waals surface area contributed by atoms with Crippen LogP contribution in [0.4, 0.5) is 0 Å². The average Bonchev–Trinajstić information content (AvgIpc) is 2.51. The SMILES string of the molecule is CCOC(=O)c1cc(-c2ccc(OCC)cc2)nn(C)c1=O. The molecule has 6 heteroatoms. The van der Waals surface area contributed by atoms with Crippen LogP contribution in [-0.2, 0) is 11.8 Å². The standard InChI is InChI=1S/C16H18N2O4/c1-4-21-12-8-6-11(7-9-12)14-10-13(16(20)22-5-2)15(19)18(3)17-14/h6-10H,4-5H2,1-3H3. The number of carbonyl (C=O) groups is 1. The summed E-state index contributed by atoms with van der Waals surface area (Å²) in [6.07, 6.45) is 0. The van der Waals surface area contributed by atoms with E-state index in [1.165, 1.54) is 13.1 Å². The maximum absolute atomic E-state index is 12.0. The van der Waals surface area contributed by atoms with E-state index in [0.717, 1.165) is 16.0 Å². The van der Waals surface area contributed by atoms with Crippen molar-refractivity contribution in [3.63, 3.8) is 0 Å². The van der Waals surface area contributed by atoms with E-state index in [1.807, 2.05) is 31.2 Å². The minimum absolute atomic E-state index is 0.0248. The van der Waals surface area contributed by atoms with Gasteiger partial charge in [0.1, 0.15) is 11.3 Å². The molecule has 0 N–H and O–H groups in total. The average molecular weight is 302 g/mol. The quantitative estimate of drug-likeness (QED) is 0.790. The van der Waals surface area contributed by atoms with E-state index in [2.05, 4.69) is 5.10 Å². The summed E-state index contributed by atoms with van der Waals surface area (Å²) in [4.78, 5) is 23.8. The molecule has 0 saturated carbocycles. The molecule has 0 spiro atoms. The number of hydrogen-bond donors (Lipinski definition) is 0. The zero-order valence-corrected chi connectivity index (χ0v) is 12.8. The van der Waals surface area contributed by atoms with E-state index in [9.17, 15) is 9.59 Å². The summed E-state index contributed by atoms with van der Waals surface area (Å²) in [6.45, 7) is 4.40. The van der Waals surface area contributed by atoms with Gasteiger partial charge < -0.3 is 9.47 Å². The number of rotatable bonds is 5. The Morgan fingerprint density at radius 3 is 2.45 bits per heavy atom. The van der Waals surface area contributed by atoms with E-state index in [-0.39, 0.29) is 12.2 Å². The summed E-state index contributed by atoms with van der Waals surface area (Å²) >= 11 is 0. The Balaban J connectivity index is 2.43. The first-order valence-corrected chi connectivity index (χ1v) is 7.05. The Bertz CT molecular complexity index is 720. The van der Waals surface area contributed by atoms with E-state index in [1.54, 1.807) is 6.92 Å². The topological polar surface area (TPSA) is 70.4 Å². The molecule has 0 bridgehead atoms. The van der Waals surface area contributed by atoms with Crippen molar-refractivity contribution in [1.82, 2.24) is 9.78 Å². The predicted molar refractivity (Wildman–Crippen MR) is 82.0 cm³/mol. The number of esters is 1. The number of hydrogen-bond acceptors (Lipinski definition) is 5. The summed E-state index contributed by atoms with van der Waals surface area (Å²) in [5.74, 6) is 0.111. The molecule has 2 rings (SSSR count). The maximum Gasteiger partial charge on any atom is 0.343 e. The Kier molecular flexibility index (Phi) is 4.93. The van der Waals surface area contributed by atoms with Gasteiger partial charge in [-0.25, -0.2) is 9.48 Å². The molecule has 0 unspecified atom stereocenters. The van der Waals surface area contributed by atoms with Crippen LogP contribution in [-0.4, -0.2) is 29.0 Å². The van der Waals surface area contributed by atoms with E-state index in [0.29, 0.717) is 12.3 Å². The lowest BCUT2D eigenvalue weighted by Gasteiger charge is -2.08. The van der Waals surface area contributed by atoms with Crippen molar-refractivity contribution in [3.05, 3.63) is 46.2 Å². The number of carbonyl (C=O) groups excluding carboxylic acids is 1. The van der Waals surface area contributed by atoms with Gasteiger partial charge in [0.05, 0.1) is 18.9 Å². The predicted octanol–water partition coefficient (Wildman–Crippen LogP) is 2.02. The molecular formula is C16H18N2O4. The highest BCUT2D eigenvalue weighted by Gasteiger charge is 2.16. The van der Waals surface area contributed by atoms with Gasteiger partial charge in [0.2, 0.25) is 0 Å². The van der Waals surface area contributed by atoms with Crippen LogP contribution in [0.3, 0.4) is 0 Å². The molecule has 1 heterocycles. The molecule has 22 heavy (non-hydrogen) atoms. The fourth-order valence-corrected chi connectivity index (χ4v) is 1.99. The van der Waals surface area contributed by atoms with Crippen LogP contribution in [0.2, 0.25) is 0 Å².